The van der Waals surface area contributed by atoms with Crippen LogP contribution in [0.1, 0.15) is 23.7 Å². The summed E-state index contributed by atoms with van der Waals surface area (Å²) in [5.41, 5.74) is 0.660. The molecule has 0 radical (unpaired) electrons. The van der Waals surface area contributed by atoms with Gasteiger partial charge in [0.1, 0.15) is 13.2 Å². The normalized spacial score (nSPS) is 11.1. The summed E-state index contributed by atoms with van der Waals surface area (Å²) in [6, 6.07) is 5.79. The summed E-state index contributed by atoms with van der Waals surface area (Å²) in [7, 11) is 0. The van der Waals surface area contributed by atoms with Gasteiger partial charge in [0.25, 0.3) is 0 Å². The molecule has 0 spiro atoms. The van der Waals surface area contributed by atoms with E-state index >= 15 is 0 Å². The maximum atomic E-state index is 11.8. The van der Waals surface area contributed by atoms with Gasteiger partial charge < -0.3 is 14.8 Å². The minimum Gasteiger partial charge on any atom is -0.462 e. The van der Waals surface area contributed by atoms with Crippen molar-refractivity contribution in [3.8, 4) is 0 Å². The fourth-order valence-electron chi connectivity index (χ4n) is 1.42. The third kappa shape index (κ3) is 7.07. The predicted molar refractivity (Wildman–Crippen MR) is 72.5 cm³/mol. The second-order valence-corrected chi connectivity index (χ2v) is 4.37. The Morgan fingerprint density at radius 1 is 1.18 bits per heavy atom. The molecule has 0 aromatic heterocycles. The van der Waals surface area contributed by atoms with Crippen molar-refractivity contribution >= 4 is 17.6 Å². The number of hydrogen-bond donors (Lipinski definition) is 1. The first-order valence-corrected chi connectivity index (χ1v) is 6.53. The second kappa shape index (κ2) is 8.38. The van der Waals surface area contributed by atoms with E-state index in [4.69, 9.17) is 4.74 Å². The Hall–Kier alpha value is -2.09. The predicted octanol–water partition coefficient (Wildman–Crippen LogP) is 2.77. The van der Waals surface area contributed by atoms with Gasteiger partial charge in [-0.25, -0.2) is 4.79 Å². The van der Waals surface area contributed by atoms with Crippen LogP contribution in [0.15, 0.2) is 24.3 Å². The molecule has 8 heteroatoms. The number of anilines is 1. The molecule has 0 bridgehead atoms. The lowest BCUT2D eigenvalue weighted by Crippen LogP contribution is -2.24. The molecule has 0 fully saturated rings. The number of benzene rings is 1. The number of nitrogens with one attached hydrogen (secondary N) is 1. The second-order valence-electron chi connectivity index (χ2n) is 4.37. The lowest BCUT2D eigenvalue weighted by Gasteiger charge is -2.09. The Balaban J connectivity index is 2.43. The fourth-order valence-corrected chi connectivity index (χ4v) is 1.42. The van der Waals surface area contributed by atoms with Crippen molar-refractivity contribution in [2.24, 2.45) is 0 Å². The van der Waals surface area contributed by atoms with Crippen LogP contribution >= 0.6 is 0 Å². The molecule has 122 valence electrons. The van der Waals surface area contributed by atoms with Crippen molar-refractivity contribution in [2.75, 3.05) is 25.1 Å². The molecule has 1 aromatic carbocycles. The van der Waals surface area contributed by atoms with E-state index in [2.05, 4.69) is 10.1 Å². The number of rotatable bonds is 7. The molecule has 0 aliphatic carbocycles. The number of ether oxygens (including phenoxy) is 2. The molecule has 1 aromatic rings. The Morgan fingerprint density at radius 3 is 2.36 bits per heavy atom. The summed E-state index contributed by atoms with van der Waals surface area (Å²) in [6.45, 7) is -0.0109. The van der Waals surface area contributed by atoms with Gasteiger partial charge in [0.15, 0.2) is 0 Å². The first kappa shape index (κ1) is 18.0. The Labute approximate surface area is 125 Å². The van der Waals surface area contributed by atoms with E-state index in [9.17, 15) is 22.8 Å². The minimum atomic E-state index is -4.47. The molecule has 0 unspecified atom stereocenters. The Kier molecular flexibility index (Phi) is 6.84. The van der Waals surface area contributed by atoms with E-state index in [1.165, 1.54) is 24.3 Å². The number of alkyl halides is 3. The molecule has 0 aliphatic rings. The van der Waals surface area contributed by atoms with Crippen LogP contribution in [0, 0.1) is 0 Å². The fraction of sp³-hybridized carbons (Fsp3) is 0.429. The van der Waals surface area contributed by atoms with E-state index < -0.39 is 31.3 Å². The van der Waals surface area contributed by atoms with Crippen molar-refractivity contribution in [3.63, 3.8) is 0 Å². The number of carbonyl (C=O) groups excluding carboxylic acids is 2. The van der Waals surface area contributed by atoms with Gasteiger partial charge in [-0.2, -0.15) is 13.2 Å². The average molecular weight is 319 g/mol. The standard InChI is InChI=1S/C14H16F3NO4/c1-2-7-22-13(20)10-3-5-11(6-4-10)18-12(19)8-21-9-14(15,16)17/h3-6H,2,7-9H2,1H3,(H,18,19). The maximum Gasteiger partial charge on any atom is 0.411 e. The van der Waals surface area contributed by atoms with E-state index in [1.54, 1.807) is 0 Å². The van der Waals surface area contributed by atoms with Gasteiger partial charge >= 0.3 is 12.1 Å². The molecule has 1 rings (SSSR count). The smallest absolute Gasteiger partial charge is 0.411 e. The van der Waals surface area contributed by atoms with Crippen molar-refractivity contribution in [3.05, 3.63) is 29.8 Å². The number of halogens is 3. The average Bonchev–Trinajstić information content (AvgIpc) is 2.44. The van der Waals surface area contributed by atoms with Crippen LogP contribution in [0.5, 0.6) is 0 Å². The summed E-state index contributed by atoms with van der Waals surface area (Å²) in [6.07, 6.45) is -3.77. The number of carbonyl (C=O) groups is 2. The van der Waals surface area contributed by atoms with Crippen molar-refractivity contribution in [2.45, 2.75) is 19.5 Å². The molecule has 1 N–H and O–H groups in total. The van der Waals surface area contributed by atoms with Crippen LogP contribution in [0.3, 0.4) is 0 Å². The van der Waals surface area contributed by atoms with Crippen LogP contribution in [0.25, 0.3) is 0 Å². The SMILES string of the molecule is CCCOC(=O)c1ccc(NC(=O)COCC(F)(F)F)cc1. The first-order valence-electron chi connectivity index (χ1n) is 6.53. The molecular weight excluding hydrogens is 303 g/mol. The van der Waals surface area contributed by atoms with Gasteiger partial charge in [-0.3, -0.25) is 4.79 Å². The molecule has 0 atom stereocenters. The monoisotopic (exact) mass is 319 g/mol. The van der Waals surface area contributed by atoms with Crippen molar-refractivity contribution in [1.29, 1.82) is 0 Å². The van der Waals surface area contributed by atoms with Gasteiger partial charge in [0.2, 0.25) is 5.91 Å². The lowest BCUT2D eigenvalue weighted by molar-refractivity contribution is -0.174. The Morgan fingerprint density at radius 2 is 1.82 bits per heavy atom. The number of hydrogen-bond acceptors (Lipinski definition) is 4. The van der Waals surface area contributed by atoms with Crippen LogP contribution < -0.4 is 5.32 Å². The van der Waals surface area contributed by atoms with E-state index in [0.717, 1.165) is 0 Å². The quantitative estimate of drug-likeness (QED) is 0.785. The highest BCUT2D eigenvalue weighted by molar-refractivity contribution is 5.93. The summed E-state index contributed by atoms with van der Waals surface area (Å²) in [5.74, 6) is -1.20. The lowest BCUT2D eigenvalue weighted by atomic mass is 10.2. The zero-order valence-corrected chi connectivity index (χ0v) is 11.9. The molecule has 0 heterocycles. The highest BCUT2D eigenvalue weighted by Crippen LogP contribution is 2.14. The molecule has 1 amide bonds. The van der Waals surface area contributed by atoms with Gasteiger partial charge in [0, 0.05) is 5.69 Å². The summed E-state index contributed by atoms with van der Waals surface area (Å²) < 4.78 is 44.7. The molecule has 22 heavy (non-hydrogen) atoms. The molecule has 0 aliphatic heterocycles. The third-order valence-electron chi connectivity index (χ3n) is 2.34. The Bertz CT molecular complexity index is 500. The topological polar surface area (TPSA) is 64.6 Å². The molecule has 5 nitrogen and oxygen atoms in total. The van der Waals surface area contributed by atoms with Crippen molar-refractivity contribution in [1.82, 2.24) is 0 Å². The zero-order chi connectivity index (χ0) is 16.6. The van der Waals surface area contributed by atoms with Gasteiger partial charge in [0.05, 0.1) is 12.2 Å². The van der Waals surface area contributed by atoms with Crippen molar-refractivity contribution < 1.29 is 32.2 Å². The highest BCUT2D eigenvalue weighted by atomic mass is 19.4. The van der Waals surface area contributed by atoms with Crippen LogP contribution in [-0.4, -0.2) is 37.9 Å². The van der Waals surface area contributed by atoms with Gasteiger partial charge in [-0.1, -0.05) is 6.92 Å². The van der Waals surface area contributed by atoms with E-state index in [0.29, 0.717) is 24.3 Å². The van der Waals surface area contributed by atoms with Gasteiger partial charge in [-0.05, 0) is 30.7 Å². The highest BCUT2D eigenvalue weighted by Gasteiger charge is 2.27. The zero-order valence-electron chi connectivity index (χ0n) is 11.9. The molecule has 0 saturated heterocycles. The van der Waals surface area contributed by atoms with Crippen LogP contribution in [-0.2, 0) is 14.3 Å². The summed E-state index contributed by atoms with van der Waals surface area (Å²) in [5, 5.41) is 2.35. The third-order valence-corrected chi connectivity index (χ3v) is 2.34. The van der Waals surface area contributed by atoms with E-state index in [1.807, 2.05) is 6.92 Å². The van der Waals surface area contributed by atoms with Crippen LogP contribution in [0.2, 0.25) is 0 Å². The first-order chi connectivity index (χ1) is 10.3. The number of esters is 1. The largest absolute Gasteiger partial charge is 0.462 e. The van der Waals surface area contributed by atoms with Gasteiger partial charge in [-0.15, -0.1) is 0 Å². The molecular formula is C14H16F3NO4. The number of amides is 1. The van der Waals surface area contributed by atoms with E-state index in [-0.39, 0.29) is 0 Å². The maximum absolute atomic E-state index is 11.8. The summed E-state index contributed by atoms with van der Waals surface area (Å²) in [4.78, 5) is 22.9. The van der Waals surface area contributed by atoms with Crippen LogP contribution in [0.4, 0.5) is 18.9 Å². The summed E-state index contributed by atoms with van der Waals surface area (Å²) >= 11 is 0. The molecule has 0 saturated carbocycles. The minimum absolute atomic E-state index is 0.313.